The van der Waals surface area contributed by atoms with Crippen LogP contribution in [0.3, 0.4) is 0 Å². The fourth-order valence-electron chi connectivity index (χ4n) is 2.74. The lowest BCUT2D eigenvalue weighted by atomic mass is 10.1. The molecule has 3 aromatic carbocycles. The molecule has 0 aliphatic carbocycles. The van der Waals surface area contributed by atoms with E-state index in [1.54, 1.807) is 18.2 Å². The van der Waals surface area contributed by atoms with Gasteiger partial charge in [-0.3, -0.25) is 4.79 Å². The van der Waals surface area contributed by atoms with Crippen LogP contribution in [0.1, 0.15) is 22.8 Å². The molecule has 0 aromatic heterocycles. The van der Waals surface area contributed by atoms with Crippen molar-refractivity contribution >= 4 is 11.6 Å². The predicted molar refractivity (Wildman–Crippen MR) is 114 cm³/mol. The zero-order valence-electron chi connectivity index (χ0n) is 16.5. The highest BCUT2D eigenvalue weighted by Crippen LogP contribution is 2.23. The second-order valence-corrected chi connectivity index (χ2v) is 6.30. The Morgan fingerprint density at radius 3 is 2.48 bits per heavy atom. The quantitative estimate of drug-likeness (QED) is 0.498. The van der Waals surface area contributed by atoms with Crippen LogP contribution in [0.4, 0.5) is 5.69 Å². The lowest BCUT2D eigenvalue weighted by Gasteiger charge is -2.13. The molecule has 0 spiro atoms. The number of benzene rings is 3. The molecule has 0 aliphatic heterocycles. The van der Waals surface area contributed by atoms with E-state index in [4.69, 9.17) is 14.2 Å². The van der Waals surface area contributed by atoms with Crippen molar-refractivity contribution in [3.63, 3.8) is 0 Å². The van der Waals surface area contributed by atoms with Crippen molar-refractivity contribution in [1.29, 1.82) is 0 Å². The zero-order chi connectivity index (χ0) is 20.3. The molecule has 5 nitrogen and oxygen atoms in total. The van der Waals surface area contributed by atoms with Crippen LogP contribution in [-0.4, -0.2) is 25.7 Å². The maximum absolute atomic E-state index is 12.8. The Morgan fingerprint density at radius 2 is 1.66 bits per heavy atom. The smallest absolute Gasteiger partial charge is 0.259 e. The first kappa shape index (κ1) is 20.4. The molecule has 0 unspecified atom stereocenters. The highest BCUT2D eigenvalue weighted by atomic mass is 16.5. The summed E-state index contributed by atoms with van der Waals surface area (Å²) < 4.78 is 16.8. The normalized spacial score (nSPS) is 10.4. The van der Waals surface area contributed by atoms with Gasteiger partial charge in [0.05, 0.1) is 12.2 Å². The van der Waals surface area contributed by atoms with E-state index < -0.39 is 0 Å². The predicted octanol–water partition coefficient (Wildman–Crippen LogP) is 4.93. The van der Waals surface area contributed by atoms with Gasteiger partial charge in [0, 0.05) is 18.4 Å². The fourth-order valence-corrected chi connectivity index (χ4v) is 2.74. The van der Waals surface area contributed by atoms with Crippen LogP contribution in [0.25, 0.3) is 0 Å². The summed E-state index contributed by atoms with van der Waals surface area (Å²) in [5.74, 6) is 0.981. The van der Waals surface area contributed by atoms with Gasteiger partial charge in [0.1, 0.15) is 24.7 Å². The van der Waals surface area contributed by atoms with Gasteiger partial charge in [-0.1, -0.05) is 48.5 Å². The topological polar surface area (TPSA) is 56.8 Å². The number of hydrogen-bond donors (Lipinski definition) is 1. The molecule has 3 aromatic rings. The van der Waals surface area contributed by atoms with Crippen molar-refractivity contribution in [3.05, 3.63) is 90.0 Å². The van der Waals surface area contributed by atoms with Gasteiger partial charge in [-0.2, -0.15) is 0 Å². The number of carbonyl (C=O) groups is 1. The van der Waals surface area contributed by atoms with Gasteiger partial charge in [-0.25, -0.2) is 0 Å². The largest absolute Gasteiger partial charge is 0.491 e. The summed E-state index contributed by atoms with van der Waals surface area (Å²) in [6.45, 7) is 3.98. The Labute approximate surface area is 171 Å². The molecular formula is C24H25NO4. The number of hydrogen-bond acceptors (Lipinski definition) is 4. The Bertz CT molecular complexity index is 912. The number of rotatable bonds is 10. The number of carbonyl (C=O) groups excluding carboxylic acids is 1. The van der Waals surface area contributed by atoms with Gasteiger partial charge in [-0.05, 0) is 36.8 Å². The minimum absolute atomic E-state index is 0.236. The van der Waals surface area contributed by atoms with Crippen LogP contribution < -0.4 is 14.8 Å². The third kappa shape index (κ3) is 6.36. The van der Waals surface area contributed by atoms with E-state index in [-0.39, 0.29) is 5.91 Å². The van der Waals surface area contributed by atoms with Crippen LogP contribution in [0.5, 0.6) is 11.5 Å². The number of anilines is 1. The number of amides is 1. The van der Waals surface area contributed by atoms with Crippen molar-refractivity contribution in [2.24, 2.45) is 0 Å². The second-order valence-electron chi connectivity index (χ2n) is 6.30. The minimum atomic E-state index is -0.236. The van der Waals surface area contributed by atoms with E-state index in [0.29, 0.717) is 49.2 Å². The molecule has 0 saturated carbocycles. The zero-order valence-corrected chi connectivity index (χ0v) is 16.5. The molecule has 29 heavy (non-hydrogen) atoms. The molecule has 0 atom stereocenters. The fraction of sp³-hybridized carbons (Fsp3) is 0.208. The van der Waals surface area contributed by atoms with Crippen molar-refractivity contribution in [2.45, 2.75) is 13.5 Å². The average Bonchev–Trinajstić information content (AvgIpc) is 2.76. The van der Waals surface area contributed by atoms with Gasteiger partial charge in [0.25, 0.3) is 5.91 Å². The maximum Gasteiger partial charge on any atom is 0.259 e. The SMILES string of the molecule is CCOCCOc1cccc(NC(=O)c2ccccc2OCc2ccccc2)c1. The number of para-hydroxylation sites is 1. The number of ether oxygens (including phenoxy) is 3. The maximum atomic E-state index is 12.8. The molecule has 0 radical (unpaired) electrons. The standard InChI is InChI=1S/C24H25NO4/c1-2-27-15-16-28-21-12-8-11-20(17-21)25-24(26)22-13-6-7-14-23(22)29-18-19-9-4-3-5-10-19/h3-14,17H,2,15-16,18H2,1H3,(H,25,26). The Hall–Kier alpha value is -3.31. The number of nitrogens with one attached hydrogen (secondary N) is 1. The van der Waals surface area contributed by atoms with Crippen LogP contribution in [0.15, 0.2) is 78.9 Å². The van der Waals surface area contributed by atoms with Gasteiger partial charge < -0.3 is 19.5 Å². The molecular weight excluding hydrogens is 366 g/mol. The summed E-state index contributed by atoms with van der Waals surface area (Å²) in [5, 5.41) is 2.91. The minimum Gasteiger partial charge on any atom is -0.491 e. The van der Waals surface area contributed by atoms with Gasteiger partial charge in [0.2, 0.25) is 0 Å². The third-order valence-corrected chi connectivity index (χ3v) is 4.16. The molecule has 5 heteroatoms. The Balaban J connectivity index is 1.63. The van der Waals surface area contributed by atoms with Crippen LogP contribution in [0.2, 0.25) is 0 Å². The third-order valence-electron chi connectivity index (χ3n) is 4.16. The summed E-state index contributed by atoms with van der Waals surface area (Å²) in [4.78, 5) is 12.8. The van der Waals surface area contributed by atoms with E-state index in [2.05, 4.69) is 5.32 Å². The Morgan fingerprint density at radius 1 is 0.862 bits per heavy atom. The van der Waals surface area contributed by atoms with E-state index >= 15 is 0 Å². The summed E-state index contributed by atoms with van der Waals surface area (Å²) in [6, 6.07) is 24.4. The van der Waals surface area contributed by atoms with E-state index in [9.17, 15) is 4.79 Å². The Kier molecular flexibility index (Phi) is 7.66. The molecule has 0 fully saturated rings. The summed E-state index contributed by atoms with van der Waals surface area (Å²) in [7, 11) is 0. The van der Waals surface area contributed by atoms with Gasteiger partial charge in [-0.15, -0.1) is 0 Å². The van der Waals surface area contributed by atoms with Crippen LogP contribution >= 0.6 is 0 Å². The summed E-state index contributed by atoms with van der Waals surface area (Å²) in [5.41, 5.74) is 2.17. The summed E-state index contributed by atoms with van der Waals surface area (Å²) >= 11 is 0. The van der Waals surface area contributed by atoms with Crippen molar-refractivity contribution < 1.29 is 19.0 Å². The molecule has 3 rings (SSSR count). The van der Waals surface area contributed by atoms with Crippen molar-refractivity contribution in [1.82, 2.24) is 0 Å². The molecule has 0 aliphatic rings. The first-order valence-electron chi connectivity index (χ1n) is 9.64. The highest BCUT2D eigenvalue weighted by molar-refractivity contribution is 6.06. The van der Waals surface area contributed by atoms with Gasteiger partial charge in [0.15, 0.2) is 0 Å². The molecule has 150 valence electrons. The molecule has 0 saturated heterocycles. The van der Waals surface area contributed by atoms with Crippen LogP contribution in [0, 0.1) is 0 Å². The monoisotopic (exact) mass is 391 g/mol. The molecule has 1 N–H and O–H groups in total. The molecule has 1 amide bonds. The highest BCUT2D eigenvalue weighted by Gasteiger charge is 2.13. The molecule has 0 heterocycles. The van der Waals surface area contributed by atoms with E-state index in [1.165, 1.54) is 0 Å². The lowest BCUT2D eigenvalue weighted by molar-refractivity contribution is 0.102. The van der Waals surface area contributed by atoms with E-state index in [0.717, 1.165) is 5.56 Å². The van der Waals surface area contributed by atoms with E-state index in [1.807, 2.05) is 67.6 Å². The lowest BCUT2D eigenvalue weighted by Crippen LogP contribution is -2.14. The van der Waals surface area contributed by atoms with Crippen LogP contribution in [-0.2, 0) is 11.3 Å². The van der Waals surface area contributed by atoms with Gasteiger partial charge >= 0.3 is 0 Å². The van der Waals surface area contributed by atoms with Crippen molar-refractivity contribution in [2.75, 3.05) is 25.1 Å². The first-order valence-corrected chi connectivity index (χ1v) is 9.64. The molecule has 0 bridgehead atoms. The average molecular weight is 391 g/mol. The second kappa shape index (κ2) is 10.9. The van der Waals surface area contributed by atoms with Crippen molar-refractivity contribution in [3.8, 4) is 11.5 Å². The first-order chi connectivity index (χ1) is 14.3. The summed E-state index contributed by atoms with van der Waals surface area (Å²) in [6.07, 6.45) is 0.